The number of nitrogens with two attached hydrogens (primary N) is 2. The van der Waals surface area contributed by atoms with E-state index in [1.165, 1.54) is 5.56 Å². The standard InChI is InChI=1S/C12H15N5/c1-8-3-5-9(6-4-8)17(2)11-7-10(13)15-12(14)16-11/h3-7H,1-2H3,(H4,13,14,15,16). The van der Waals surface area contributed by atoms with Crippen LogP contribution in [0.15, 0.2) is 30.3 Å². The lowest BCUT2D eigenvalue weighted by Crippen LogP contribution is -2.13. The largest absolute Gasteiger partial charge is 0.383 e. The molecule has 0 aliphatic carbocycles. The van der Waals surface area contributed by atoms with Crippen LogP contribution in [-0.2, 0) is 0 Å². The van der Waals surface area contributed by atoms with E-state index in [1.54, 1.807) is 6.07 Å². The van der Waals surface area contributed by atoms with Crippen LogP contribution in [0.5, 0.6) is 0 Å². The van der Waals surface area contributed by atoms with Crippen molar-refractivity contribution in [2.45, 2.75) is 6.92 Å². The van der Waals surface area contributed by atoms with Crippen molar-refractivity contribution in [1.82, 2.24) is 9.97 Å². The van der Waals surface area contributed by atoms with E-state index in [9.17, 15) is 0 Å². The number of hydrogen-bond acceptors (Lipinski definition) is 5. The van der Waals surface area contributed by atoms with E-state index in [0.717, 1.165) is 5.69 Å². The van der Waals surface area contributed by atoms with Crippen LogP contribution in [0.25, 0.3) is 0 Å². The van der Waals surface area contributed by atoms with Crippen molar-refractivity contribution in [3.05, 3.63) is 35.9 Å². The van der Waals surface area contributed by atoms with Crippen molar-refractivity contribution in [2.24, 2.45) is 0 Å². The van der Waals surface area contributed by atoms with Gasteiger partial charge in [0.15, 0.2) is 0 Å². The van der Waals surface area contributed by atoms with Gasteiger partial charge in [0.25, 0.3) is 0 Å². The summed E-state index contributed by atoms with van der Waals surface area (Å²) >= 11 is 0. The van der Waals surface area contributed by atoms with Crippen molar-refractivity contribution in [2.75, 3.05) is 23.4 Å². The highest BCUT2D eigenvalue weighted by Gasteiger charge is 2.07. The third-order valence-electron chi connectivity index (χ3n) is 2.51. The molecule has 1 aromatic carbocycles. The molecule has 4 N–H and O–H groups in total. The molecule has 2 aromatic rings. The van der Waals surface area contributed by atoms with Gasteiger partial charge in [0.2, 0.25) is 5.95 Å². The normalized spacial score (nSPS) is 10.2. The Bertz CT molecular complexity index is 501. The number of hydrogen-bond donors (Lipinski definition) is 2. The molecule has 2 rings (SSSR count). The summed E-state index contributed by atoms with van der Waals surface area (Å²) in [5.41, 5.74) is 13.4. The maximum Gasteiger partial charge on any atom is 0.223 e. The first-order chi connectivity index (χ1) is 8.06. The van der Waals surface area contributed by atoms with E-state index in [0.29, 0.717) is 11.6 Å². The van der Waals surface area contributed by atoms with Crippen LogP contribution >= 0.6 is 0 Å². The summed E-state index contributed by atoms with van der Waals surface area (Å²) in [4.78, 5) is 9.90. The van der Waals surface area contributed by atoms with Crippen LogP contribution in [0.3, 0.4) is 0 Å². The second-order valence-corrected chi connectivity index (χ2v) is 3.90. The minimum atomic E-state index is 0.180. The van der Waals surface area contributed by atoms with E-state index in [-0.39, 0.29) is 5.95 Å². The fourth-order valence-electron chi connectivity index (χ4n) is 1.54. The molecular formula is C12H15N5. The molecule has 0 unspecified atom stereocenters. The van der Waals surface area contributed by atoms with Gasteiger partial charge in [0.1, 0.15) is 11.6 Å². The molecular weight excluding hydrogens is 214 g/mol. The minimum Gasteiger partial charge on any atom is -0.383 e. The van der Waals surface area contributed by atoms with Gasteiger partial charge < -0.3 is 16.4 Å². The zero-order valence-corrected chi connectivity index (χ0v) is 9.88. The highest BCUT2D eigenvalue weighted by atomic mass is 15.2. The van der Waals surface area contributed by atoms with Crippen LogP contribution in [0.1, 0.15) is 5.56 Å². The lowest BCUT2D eigenvalue weighted by atomic mass is 10.2. The van der Waals surface area contributed by atoms with Gasteiger partial charge in [-0.05, 0) is 19.1 Å². The monoisotopic (exact) mass is 229 g/mol. The molecule has 0 amide bonds. The molecule has 0 saturated heterocycles. The molecule has 0 saturated carbocycles. The Morgan fingerprint density at radius 2 is 1.71 bits per heavy atom. The third-order valence-corrected chi connectivity index (χ3v) is 2.51. The highest BCUT2D eigenvalue weighted by molar-refractivity contribution is 5.62. The molecule has 0 atom stereocenters. The predicted molar refractivity (Wildman–Crippen MR) is 70.1 cm³/mol. The van der Waals surface area contributed by atoms with E-state index in [1.807, 2.05) is 43.1 Å². The van der Waals surface area contributed by atoms with Gasteiger partial charge in [-0.15, -0.1) is 0 Å². The van der Waals surface area contributed by atoms with Gasteiger partial charge in [0, 0.05) is 18.8 Å². The second-order valence-electron chi connectivity index (χ2n) is 3.90. The van der Waals surface area contributed by atoms with Crippen molar-refractivity contribution in [1.29, 1.82) is 0 Å². The Labute approximate surface area is 100 Å². The summed E-state index contributed by atoms with van der Waals surface area (Å²) in [6, 6.07) is 9.81. The number of benzene rings is 1. The fraction of sp³-hybridized carbons (Fsp3) is 0.167. The topological polar surface area (TPSA) is 81.1 Å². The quantitative estimate of drug-likeness (QED) is 0.819. The summed E-state index contributed by atoms with van der Waals surface area (Å²) < 4.78 is 0. The molecule has 1 heterocycles. The van der Waals surface area contributed by atoms with Crippen LogP contribution < -0.4 is 16.4 Å². The Balaban J connectivity index is 2.36. The van der Waals surface area contributed by atoms with Gasteiger partial charge in [0.05, 0.1) is 0 Å². The molecule has 0 aliphatic rings. The first-order valence-corrected chi connectivity index (χ1v) is 5.26. The van der Waals surface area contributed by atoms with E-state index >= 15 is 0 Å². The van der Waals surface area contributed by atoms with Gasteiger partial charge in [-0.1, -0.05) is 17.7 Å². The van der Waals surface area contributed by atoms with Gasteiger partial charge >= 0.3 is 0 Å². The summed E-state index contributed by atoms with van der Waals surface area (Å²) in [6.07, 6.45) is 0. The average Bonchev–Trinajstić information content (AvgIpc) is 2.28. The number of nitrogens with zero attached hydrogens (tertiary/aromatic N) is 3. The Kier molecular flexibility index (Phi) is 2.82. The maximum atomic E-state index is 5.64. The summed E-state index contributed by atoms with van der Waals surface area (Å²) in [5, 5.41) is 0. The van der Waals surface area contributed by atoms with Crippen LogP contribution in [0, 0.1) is 6.92 Å². The van der Waals surface area contributed by atoms with E-state index in [2.05, 4.69) is 9.97 Å². The number of anilines is 4. The Morgan fingerprint density at radius 3 is 2.29 bits per heavy atom. The number of rotatable bonds is 2. The minimum absolute atomic E-state index is 0.180. The third kappa shape index (κ3) is 2.44. The van der Waals surface area contributed by atoms with Gasteiger partial charge in [-0.3, -0.25) is 0 Å². The Hall–Kier alpha value is -2.30. The van der Waals surface area contributed by atoms with Gasteiger partial charge in [-0.2, -0.15) is 9.97 Å². The first kappa shape index (κ1) is 11.2. The van der Waals surface area contributed by atoms with Gasteiger partial charge in [-0.25, -0.2) is 0 Å². The maximum absolute atomic E-state index is 5.64. The van der Waals surface area contributed by atoms with Crippen LogP contribution in [0.4, 0.5) is 23.3 Å². The summed E-state index contributed by atoms with van der Waals surface area (Å²) in [5.74, 6) is 1.23. The molecule has 1 aromatic heterocycles. The molecule has 0 radical (unpaired) electrons. The number of nitrogen functional groups attached to an aromatic ring is 2. The predicted octanol–water partition coefficient (Wildman–Crippen LogP) is 1.72. The molecule has 5 heteroatoms. The zero-order valence-electron chi connectivity index (χ0n) is 9.88. The van der Waals surface area contributed by atoms with Crippen LogP contribution in [-0.4, -0.2) is 17.0 Å². The smallest absolute Gasteiger partial charge is 0.223 e. The fourth-order valence-corrected chi connectivity index (χ4v) is 1.54. The lowest BCUT2D eigenvalue weighted by molar-refractivity contribution is 1.09. The van der Waals surface area contributed by atoms with E-state index in [4.69, 9.17) is 11.5 Å². The van der Waals surface area contributed by atoms with Crippen LogP contribution in [0.2, 0.25) is 0 Å². The second kappa shape index (κ2) is 4.29. The highest BCUT2D eigenvalue weighted by Crippen LogP contribution is 2.23. The van der Waals surface area contributed by atoms with E-state index < -0.39 is 0 Å². The molecule has 0 bridgehead atoms. The summed E-state index contributed by atoms with van der Waals surface area (Å²) in [7, 11) is 1.91. The average molecular weight is 229 g/mol. The molecule has 17 heavy (non-hydrogen) atoms. The lowest BCUT2D eigenvalue weighted by Gasteiger charge is -2.18. The number of aryl methyl sites for hydroxylation is 1. The van der Waals surface area contributed by atoms with Crippen molar-refractivity contribution >= 4 is 23.3 Å². The molecule has 0 fully saturated rings. The van der Waals surface area contributed by atoms with Crippen molar-refractivity contribution < 1.29 is 0 Å². The number of aromatic nitrogens is 2. The molecule has 88 valence electrons. The zero-order chi connectivity index (χ0) is 12.4. The molecule has 5 nitrogen and oxygen atoms in total. The Morgan fingerprint density at radius 1 is 1.06 bits per heavy atom. The first-order valence-electron chi connectivity index (χ1n) is 5.26. The van der Waals surface area contributed by atoms with Crippen molar-refractivity contribution in [3.63, 3.8) is 0 Å². The SMILES string of the molecule is Cc1ccc(N(C)c2cc(N)nc(N)n2)cc1. The molecule has 0 spiro atoms. The molecule has 0 aliphatic heterocycles. The van der Waals surface area contributed by atoms with Crippen molar-refractivity contribution in [3.8, 4) is 0 Å². The summed E-state index contributed by atoms with van der Waals surface area (Å²) in [6.45, 7) is 2.05.